The molecule has 1 fully saturated rings. The summed E-state index contributed by atoms with van der Waals surface area (Å²) in [6, 6.07) is 22.2. The second kappa shape index (κ2) is 9.36. The maximum Gasteiger partial charge on any atom is 0.145 e. The summed E-state index contributed by atoms with van der Waals surface area (Å²) in [7, 11) is 3.38. The van der Waals surface area contributed by atoms with E-state index in [-0.39, 0.29) is 0 Å². The summed E-state index contributed by atoms with van der Waals surface area (Å²) in [6.45, 7) is 6.39. The van der Waals surface area contributed by atoms with Gasteiger partial charge in [0.1, 0.15) is 11.5 Å². The first kappa shape index (κ1) is 21.7. The van der Waals surface area contributed by atoms with Crippen molar-refractivity contribution in [3.63, 3.8) is 0 Å². The van der Waals surface area contributed by atoms with Crippen LogP contribution in [0.25, 0.3) is 21.8 Å². The van der Waals surface area contributed by atoms with E-state index in [2.05, 4.69) is 64.2 Å². The summed E-state index contributed by atoms with van der Waals surface area (Å²) < 4.78 is 13.3. The maximum atomic E-state index is 5.55. The van der Waals surface area contributed by atoms with Crippen LogP contribution in [0.15, 0.2) is 60.7 Å². The van der Waals surface area contributed by atoms with Gasteiger partial charge in [0.15, 0.2) is 0 Å². The fraction of sp³-hybridized carbons (Fsp3) is 0.357. The molecule has 0 radical (unpaired) electrons. The summed E-state index contributed by atoms with van der Waals surface area (Å²) in [5.74, 6) is 1.64. The number of aromatic nitrogens is 1. The third-order valence-electron chi connectivity index (χ3n) is 6.92. The van der Waals surface area contributed by atoms with E-state index < -0.39 is 0 Å². The lowest BCUT2D eigenvalue weighted by atomic mass is 10.0. The zero-order chi connectivity index (χ0) is 22.8. The van der Waals surface area contributed by atoms with E-state index in [4.69, 9.17) is 9.47 Å². The van der Waals surface area contributed by atoms with Gasteiger partial charge < -0.3 is 19.4 Å². The third kappa shape index (κ3) is 4.25. The molecular formula is C28H33N3O2. The molecule has 4 aromatic rings. The Balaban J connectivity index is 1.26. The SMILES string of the molecule is CCn1c2ccccc2c2cc(CN3CCC(Nc4ccc(OC)cc4OC)CC3)ccc21. The molecule has 172 valence electrons. The minimum Gasteiger partial charge on any atom is -0.497 e. The summed E-state index contributed by atoms with van der Waals surface area (Å²) in [5.41, 5.74) is 5.09. The molecule has 33 heavy (non-hydrogen) atoms. The zero-order valence-electron chi connectivity index (χ0n) is 19.8. The van der Waals surface area contributed by atoms with Crippen molar-refractivity contribution in [2.75, 3.05) is 32.6 Å². The molecule has 0 unspecified atom stereocenters. The number of nitrogens with zero attached hydrogens (tertiary/aromatic N) is 2. The number of anilines is 1. The molecule has 5 rings (SSSR count). The highest BCUT2D eigenvalue weighted by atomic mass is 16.5. The van der Waals surface area contributed by atoms with Gasteiger partial charge in [0.05, 0.1) is 19.9 Å². The molecule has 5 heteroatoms. The average molecular weight is 444 g/mol. The number of piperidine rings is 1. The van der Waals surface area contributed by atoms with Gasteiger partial charge in [0, 0.05) is 60.1 Å². The van der Waals surface area contributed by atoms with Crippen LogP contribution in [0.5, 0.6) is 11.5 Å². The number of hydrogen-bond acceptors (Lipinski definition) is 4. The number of ether oxygens (including phenoxy) is 2. The Kier molecular flexibility index (Phi) is 6.14. The van der Waals surface area contributed by atoms with E-state index in [9.17, 15) is 0 Å². The number of rotatable bonds is 7. The summed E-state index contributed by atoms with van der Waals surface area (Å²) in [5, 5.41) is 6.40. The largest absolute Gasteiger partial charge is 0.497 e. The number of fused-ring (bicyclic) bond motifs is 3. The molecule has 0 saturated carbocycles. The molecule has 1 aliphatic heterocycles. The van der Waals surface area contributed by atoms with Crippen molar-refractivity contribution in [2.24, 2.45) is 0 Å². The van der Waals surface area contributed by atoms with Crippen LogP contribution in [0.2, 0.25) is 0 Å². The van der Waals surface area contributed by atoms with Crippen molar-refractivity contribution in [2.45, 2.75) is 38.9 Å². The van der Waals surface area contributed by atoms with Crippen LogP contribution in [0, 0.1) is 0 Å². The number of aryl methyl sites for hydroxylation is 1. The molecule has 1 saturated heterocycles. The van der Waals surface area contributed by atoms with Crippen LogP contribution in [0.1, 0.15) is 25.3 Å². The highest BCUT2D eigenvalue weighted by molar-refractivity contribution is 6.08. The van der Waals surface area contributed by atoms with Crippen LogP contribution in [-0.4, -0.2) is 42.8 Å². The normalized spacial score (nSPS) is 15.2. The van der Waals surface area contributed by atoms with Gasteiger partial charge in [0.2, 0.25) is 0 Å². The summed E-state index contributed by atoms with van der Waals surface area (Å²) >= 11 is 0. The van der Waals surface area contributed by atoms with E-state index in [0.717, 1.165) is 56.2 Å². The molecule has 0 aliphatic carbocycles. The average Bonchev–Trinajstić information content (AvgIpc) is 3.18. The summed E-state index contributed by atoms with van der Waals surface area (Å²) in [6.07, 6.45) is 2.24. The molecule has 3 aromatic carbocycles. The Labute approximate surface area is 195 Å². The first-order valence-electron chi connectivity index (χ1n) is 11.9. The minimum atomic E-state index is 0.452. The second-order valence-corrected chi connectivity index (χ2v) is 8.87. The molecule has 0 atom stereocenters. The van der Waals surface area contributed by atoms with Gasteiger partial charge in [-0.15, -0.1) is 0 Å². The topological polar surface area (TPSA) is 38.7 Å². The Morgan fingerprint density at radius 2 is 1.67 bits per heavy atom. The quantitative estimate of drug-likeness (QED) is 0.385. The lowest BCUT2D eigenvalue weighted by Crippen LogP contribution is -2.38. The molecule has 0 spiro atoms. The maximum absolute atomic E-state index is 5.55. The Morgan fingerprint density at radius 3 is 2.42 bits per heavy atom. The van der Waals surface area contributed by atoms with Gasteiger partial charge >= 0.3 is 0 Å². The highest BCUT2D eigenvalue weighted by Crippen LogP contribution is 2.32. The molecule has 1 aliphatic rings. The van der Waals surface area contributed by atoms with Gasteiger partial charge in [-0.2, -0.15) is 0 Å². The highest BCUT2D eigenvalue weighted by Gasteiger charge is 2.21. The number of likely N-dealkylation sites (tertiary alicyclic amines) is 1. The van der Waals surface area contributed by atoms with E-state index in [0.29, 0.717) is 6.04 Å². The fourth-order valence-electron chi connectivity index (χ4n) is 5.17. The number of benzene rings is 3. The molecule has 5 nitrogen and oxygen atoms in total. The van der Waals surface area contributed by atoms with Crippen molar-refractivity contribution in [3.05, 3.63) is 66.2 Å². The van der Waals surface area contributed by atoms with Crippen molar-refractivity contribution >= 4 is 27.5 Å². The van der Waals surface area contributed by atoms with E-state index >= 15 is 0 Å². The second-order valence-electron chi connectivity index (χ2n) is 8.87. The predicted octanol–water partition coefficient (Wildman–Crippen LogP) is 5.91. The van der Waals surface area contributed by atoms with Gasteiger partial charge in [-0.1, -0.05) is 24.3 Å². The monoisotopic (exact) mass is 443 g/mol. The number of methoxy groups -OCH3 is 2. The molecule has 2 heterocycles. The van der Waals surface area contributed by atoms with Gasteiger partial charge in [-0.05, 0) is 55.7 Å². The van der Waals surface area contributed by atoms with E-state index in [1.807, 2.05) is 18.2 Å². The van der Waals surface area contributed by atoms with Crippen LogP contribution in [0.3, 0.4) is 0 Å². The lowest BCUT2D eigenvalue weighted by Gasteiger charge is -2.33. The zero-order valence-corrected chi connectivity index (χ0v) is 19.8. The Morgan fingerprint density at radius 1 is 0.879 bits per heavy atom. The van der Waals surface area contributed by atoms with Crippen molar-refractivity contribution in [1.82, 2.24) is 9.47 Å². The molecule has 0 amide bonds. The molecule has 1 aromatic heterocycles. The van der Waals surface area contributed by atoms with Gasteiger partial charge in [-0.25, -0.2) is 0 Å². The summed E-state index contributed by atoms with van der Waals surface area (Å²) in [4.78, 5) is 2.57. The lowest BCUT2D eigenvalue weighted by molar-refractivity contribution is 0.211. The van der Waals surface area contributed by atoms with Crippen molar-refractivity contribution in [3.8, 4) is 11.5 Å². The number of hydrogen-bond donors (Lipinski definition) is 1. The molecule has 0 bridgehead atoms. The first-order valence-corrected chi connectivity index (χ1v) is 11.9. The fourth-order valence-corrected chi connectivity index (χ4v) is 5.17. The van der Waals surface area contributed by atoms with Gasteiger partial charge in [-0.3, -0.25) is 4.90 Å². The van der Waals surface area contributed by atoms with Crippen LogP contribution in [0.4, 0.5) is 5.69 Å². The van der Waals surface area contributed by atoms with Crippen molar-refractivity contribution < 1.29 is 9.47 Å². The van der Waals surface area contributed by atoms with E-state index in [1.165, 1.54) is 27.4 Å². The van der Waals surface area contributed by atoms with Crippen LogP contribution < -0.4 is 14.8 Å². The first-order chi connectivity index (χ1) is 16.2. The predicted molar refractivity (Wildman–Crippen MR) is 137 cm³/mol. The van der Waals surface area contributed by atoms with Gasteiger partial charge in [0.25, 0.3) is 0 Å². The smallest absolute Gasteiger partial charge is 0.145 e. The Hall–Kier alpha value is -3.18. The minimum absolute atomic E-state index is 0.452. The molecular weight excluding hydrogens is 410 g/mol. The van der Waals surface area contributed by atoms with E-state index in [1.54, 1.807) is 14.2 Å². The van der Waals surface area contributed by atoms with Crippen LogP contribution >= 0.6 is 0 Å². The molecule has 1 N–H and O–H groups in total. The Bertz CT molecular complexity index is 1250. The van der Waals surface area contributed by atoms with Crippen molar-refractivity contribution in [1.29, 1.82) is 0 Å². The standard InChI is InChI=1S/C28H33N3O2/c1-4-31-26-8-6-5-7-23(26)24-17-20(9-12-27(24)31)19-30-15-13-21(14-16-30)29-25-11-10-22(32-2)18-28(25)33-3/h5-12,17-18,21,29H,4,13-16,19H2,1-3H3. The number of para-hydroxylation sites is 1. The third-order valence-corrected chi connectivity index (χ3v) is 6.92. The van der Waals surface area contributed by atoms with Crippen LogP contribution in [-0.2, 0) is 13.1 Å². The number of nitrogens with one attached hydrogen (secondary N) is 1.